The zero-order valence-electron chi connectivity index (χ0n) is 11.1. The largest absolute Gasteiger partial charge is 0.489 e. The van der Waals surface area contributed by atoms with E-state index in [-0.39, 0.29) is 5.02 Å². The summed E-state index contributed by atoms with van der Waals surface area (Å²) in [6, 6.07) is 7.91. The van der Waals surface area contributed by atoms with Crippen molar-refractivity contribution in [1.82, 2.24) is 5.16 Å². The van der Waals surface area contributed by atoms with Crippen molar-refractivity contribution < 1.29 is 13.7 Å². The Hall–Kier alpha value is -1.30. The lowest BCUT2D eigenvalue weighted by Crippen LogP contribution is -1.99. The summed E-state index contributed by atoms with van der Waals surface area (Å²) in [6.07, 6.45) is 0. The van der Waals surface area contributed by atoms with E-state index in [9.17, 15) is 4.39 Å². The van der Waals surface area contributed by atoms with E-state index >= 15 is 0 Å². The highest BCUT2D eigenvalue weighted by Crippen LogP contribution is 2.42. The topological polar surface area (TPSA) is 35.3 Å². The number of aromatic nitrogens is 1. The molecule has 0 aliphatic heterocycles. The Balaban J connectivity index is 2.19. The van der Waals surface area contributed by atoms with Crippen LogP contribution in [0.15, 0.2) is 34.9 Å². The summed E-state index contributed by atoms with van der Waals surface area (Å²) in [5, 5.41) is 5.63. The van der Waals surface area contributed by atoms with Gasteiger partial charge in [-0.05, 0) is 18.2 Å². The minimum Gasteiger partial charge on any atom is -0.489 e. The van der Waals surface area contributed by atoms with Crippen molar-refractivity contribution in [3.63, 3.8) is 0 Å². The van der Waals surface area contributed by atoms with Crippen LogP contribution in [0.4, 0.5) is 4.39 Å². The van der Waals surface area contributed by atoms with Gasteiger partial charge in [0.15, 0.2) is 11.3 Å². The highest BCUT2D eigenvalue weighted by molar-refractivity contribution is 9.09. The van der Waals surface area contributed by atoms with Gasteiger partial charge in [0.05, 0.1) is 17.0 Å². The van der Waals surface area contributed by atoms with Crippen LogP contribution < -0.4 is 4.74 Å². The Bertz CT molecular complexity index is 838. The fourth-order valence-electron chi connectivity index (χ4n) is 2.11. The van der Waals surface area contributed by atoms with Gasteiger partial charge in [0.25, 0.3) is 0 Å². The number of fused-ring (bicyclic) bond motifs is 1. The first-order chi connectivity index (χ1) is 10.6. The Labute approximate surface area is 144 Å². The highest BCUT2D eigenvalue weighted by Gasteiger charge is 2.21. The van der Waals surface area contributed by atoms with Gasteiger partial charge in [-0.15, -0.1) is 0 Å². The Morgan fingerprint density at radius 2 is 2.05 bits per heavy atom. The molecular formula is C15H9BrCl2FNO2. The van der Waals surface area contributed by atoms with Crippen LogP contribution in [0.2, 0.25) is 10.0 Å². The molecule has 0 aliphatic carbocycles. The lowest BCUT2D eigenvalue weighted by molar-refractivity contribution is 0.345. The number of rotatable bonds is 4. The van der Waals surface area contributed by atoms with Crippen molar-refractivity contribution >= 4 is 50.1 Å². The van der Waals surface area contributed by atoms with Gasteiger partial charge in [-0.1, -0.05) is 56.4 Å². The van der Waals surface area contributed by atoms with Gasteiger partial charge in [0, 0.05) is 10.9 Å². The van der Waals surface area contributed by atoms with Crippen LogP contribution in [0.3, 0.4) is 0 Å². The van der Waals surface area contributed by atoms with Crippen LogP contribution in [-0.4, -0.2) is 17.1 Å². The fourth-order valence-corrected chi connectivity index (χ4v) is 2.87. The monoisotopic (exact) mass is 403 g/mol. The van der Waals surface area contributed by atoms with E-state index in [0.29, 0.717) is 44.9 Å². The van der Waals surface area contributed by atoms with Gasteiger partial charge in [-0.2, -0.15) is 0 Å². The number of hydrogen-bond donors (Lipinski definition) is 0. The van der Waals surface area contributed by atoms with Crippen LogP contribution in [0.5, 0.6) is 5.75 Å². The van der Waals surface area contributed by atoms with Crippen molar-refractivity contribution in [1.29, 1.82) is 0 Å². The van der Waals surface area contributed by atoms with E-state index in [4.69, 9.17) is 32.5 Å². The van der Waals surface area contributed by atoms with Gasteiger partial charge >= 0.3 is 0 Å². The first kappa shape index (κ1) is 15.6. The highest BCUT2D eigenvalue weighted by atomic mass is 79.9. The summed E-state index contributed by atoms with van der Waals surface area (Å²) < 4.78 is 24.7. The third-order valence-electron chi connectivity index (χ3n) is 3.07. The second-order valence-electron chi connectivity index (χ2n) is 4.43. The minimum atomic E-state index is -0.399. The normalized spacial score (nSPS) is 11.1. The third kappa shape index (κ3) is 2.69. The second kappa shape index (κ2) is 6.44. The van der Waals surface area contributed by atoms with E-state index in [1.54, 1.807) is 24.3 Å². The van der Waals surface area contributed by atoms with E-state index in [2.05, 4.69) is 21.1 Å². The molecule has 2 aromatic carbocycles. The van der Waals surface area contributed by atoms with Crippen LogP contribution in [0.1, 0.15) is 0 Å². The maximum absolute atomic E-state index is 14.0. The van der Waals surface area contributed by atoms with Gasteiger partial charge in [-0.3, -0.25) is 0 Å². The summed E-state index contributed by atoms with van der Waals surface area (Å²) in [4.78, 5) is 0. The van der Waals surface area contributed by atoms with E-state index in [1.165, 1.54) is 6.07 Å². The fraction of sp³-hybridized carbons (Fsp3) is 0.133. The summed E-state index contributed by atoms with van der Waals surface area (Å²) >= 11 is 15.7. The average Bonchev–Trinajstić information content (AvgIpc) is 2.91. The first-order valence-electron chi connectivity index (χ1n) is 6.34. The molecule has 0 atom stereocenters. The minimum absolute atomic E-state index is 0.221. The second-order valence-corrected chi connectivity index (χ2v) is 6.00. The van der Waals surface area contributed by atoms with E-state index in [0.717, 1.165) is 0 Å². The molecule has 3 rings (SSSR count). The summed E-state index contributed by atoms with van der Waals surface area (Å²) in [6.45, 7) is 0.402. The molecule has 0 unspecified atom stereocenters. The molecule has 0 bridgehead atoms. The number of ether oxygens (including phenoxy) is 1. The SMILES string of the molecule is Fc1ccccc1-c1noc2c(Cl)c(OCCBr)c(Cl)cc12. The van der Waals surface area contributed by atoms with E-state index < -0.39 is 5.82 Å². The van der Waals surface area contributed by atoms with Crippen LogP contribution >= 0.6 is 39.1 Å². The number of alkyl halides is 1. The molecule has 0 fully saturated rings. The molecule has 3 aromatic rings. The molecule has 0 aliphatic rings. The predicted molar refractivity (Wildman–Crippen MR) is 88.7 cm³/mol. The maximum Gasteiger partial charge on any atom is 0.189 e. The van der Waals surface area contributed by atoms with Crippen molar-refractivity contribution in [3.8, 4) is 17.0 Å². The van der Waals surface area contributed by atoms with Crippen molar-refractivity contribution in [2.24, 2.45) is 0 Å². The van der Waals surface area contributed by atoms with Crippen molar-refractivity contribution in [3.05, 3.63) is 46.2 Å². The maximum atomic E-state index is 14.0. The molecule has 22 heavy (non-hydrogen) atoms. The lowest BCUT2D eigenvalue weighted by atomic mass is 10.1. The first-order valence-corrected chi connectivity index (χ1v) is 8.22. The molecule has 7 heteroatoms. The molecule has 114 valence electrons. The molecule has 0 amide bonds. The number of hydrogen-bond acceptors (Lipinski definition) is 3. The smallest absolute Gasteiger partial charge is 0.189 e. The third-order valence-corrected chi connectivity index (χ3v) is 4.01. The summed E-state index contributed by atoms with van der Waals surface area (Å²) in [5.41, 5.74) is 0.986. The standard InChI is InChI=1S/C15H9BrCl2FNO2/c16-5-6-21-15-10(17)7-9-13(20-22-14(9)12(15)18)8-3-1-2-4-11(8)19/h1-4,7H,5-6H2. The Morgan fingerprint density at radius 3 is 2.77 bits per heavy atom. The Kier molecular flexibility index (Phi) is 4.57. The van der Waals surface area contributed by atoms with Gasteiger partial charge in [0.2, 0.25) is 0 Å². The molecule has 1 heterocycles. The van der Waals surface area contributed by atoms with Crippen LogP contribution in [-0.2, 0) is 0 Å². The van der Waals surface area contributed by atoms with Crippen molar-refractivity contribution in [2.75, 3.05) is 11.9 Å². The van der Waals surface area contributed by atoms with Gasteiger partial charge in [-0.25, -0.2) is 4.39 Å². The summed E-state index contributed by atoms with van der Waals surface area (Å²) in [5.74, 6) is -0.0731. The molecule has 0 saturated carbocycles. The van der Waals surface area contributed by atoms with Gasteiger partial charge in [0.1, 0.15) is 16.5 Å². The molecule has 0 N–H and O–H groups in total. The van der Waals surface area contributed by atoms with Gasteiger partial charge < -0.3 is 9.26 Å². The van der Waals surface area contributed by atoms with Crippen LogP contribution in [0.25, 0.3) is 22.2 Å². The molecule has 3 nitrogen and oxygen atoms in total. The average molecular weight is 405 g/mol. The zero-order chi connectivity index (χ0) is 15.7. The molecule has 1 aromatic heterocycles. The number of halogens is 4. The molecular weight excluding hydrogens is 396 g/mol. The van der Waals surface area contributed by atoms with Crippen molar-refractivity contribution in [2.45, 2.75) is 0 Å². The summed E-state index contributed by atoms with van der Waals surface area (Å²) in [7, 11) is 0. The molecule has 0 radical (unpaired) electrons. The lowest BCUT2D eigenvalue weighted by Gasteiger charge is -2.08. The molecule has 0 spiro atoms. The quantitative estimate of drug-likeness (QED) is 0.522. The van der Waals surface area contributed by atoms with E-state index in [1.807, 2.05) is 0 Å². The predicted octanol–water partition coefficient (Wildman–Crippen LogP) is 5.71. The number of nitrogens with zero attached hydrogens (tertiary/aromatic N) is 1. The Morgan fingerprint density at radius 1 is 1.27 bits per heavy atom. The molecule has 0 saturated heterocycles. The number of benzene rings is 2. The zero-order valence-corrected chi connectivity index (χ0v) is 14.2. The van der Waals surface area contributed by atoms with Crippen LogP contribution in [0, 0.1) is 5.82 Å².